The monoisotopic (exact) mass is 441 g/mol. The van der Waals surface area contributed by atoms with Crippen LogP contribution < -0.4 is 4.74 Å². The predicted octanol–water partition coefficient (Wildman–Crippen LogP) is 3.37. The number of para-hydroxylation sites is 1. The number of sulfonamides is 1. The molecule has 0 radical (unpaired) electrons. The van der Waals surface area contributed by atoms with Crippen molar-refractivity contribution in [2.24, 2.45) is 0 Å². The van der Waals surface area contributed by atoms with Crippen LogP contribution in [0, 0.1) is 0 Å². The molecule has 0 N–H and O–H groups in total. The van der Waals surface area contributed by atoms with Crippen molar-refractivity contribution < 1.29 is 13.2 Å². The van der Waals surface area contributed by atoms with E-state index < -0.39 is 15.6 Å². The summed E-state index contributed by atoms with van der Waals surface area (Å²) in [6.45, 7) is 2.96. The highest BCUT2D eigenvalue weighted by Crippen LogP contribution is 2.39. The topological polar surface area (TPSA) is 62.7 Å². The zero-order chi connectivity index (χ0) is 20.6. The van der Waals surface area contributed by atoms with Gasteiger partial charge in [-0.2, -0.15) is 4.31 Å². The first-order chi connectivity index (χ1) is 14.5. The largest absolute Gasteiger partial charge is 0.483 e. The molecule has 1 spiro atoms. The fourth-order valence-corrected chi connectivity index (χ4v) is 6.62. The summed E-state index contributed by atoms with van der Waals surface area (Å²) in [5.41, 5.74) is 0.148. The molecule has 2 aliphatic rings. The molecular formula is C22H23N3O3S2. The van der Waals surface area contributed by atoms with Crippen LogP contribution in [0.25, 0.3) is 0 Å². The molecule has 0 bridgehead atoms. The van der Waals surface area contributed by atoms with Crippen LogP contribution >= 0.6 is 11.3 Å². The van der Waals surface area contributed by atoms with E-state index >= 15 is 0 Å². The van der Waals surface area contributed by atoms with E-state index in [0.717, 1.165) is 25.2 Å². The number of fused-ring (bicyclic) bond motifs is 1. The van der Waals surface area contributed by atoms with Crippen molar-refractivity contribution in [1.82, 2.24) is 14.2 Å². The second kappa shape index (κ2) is 7.77. The standard InChI is InChI=1S/C22H23N3O3S2/c26-30(27)21-9-2-1-8-20(21)28-22(17-25(30)14-18-6-3-4-11-23-18)10-12-24(16-22)15-19-7-5-13-29-19/h1-9,11,13H,10,12,14-17H2. The molecule has 1 aromatic carbocycles. The highest BCUT2D eigenvalue weighted by Gasteiger charge is 2.47. The summed E-state index contributed by atoms with van der Waals surface area (Å²) in [5.74, 6) is 0.444. The molecule has 156 valence electrons. The van der Waals surface area contributed by atoms with Gasteiger partial charge in [-0.3, -0.25) is 9.88 Å². The van der Waals surface area contributed by atoms with Crippen molar-refractivity contribution in [3.8, 4) is 5.75 Å². The lowest BCUT2D eigenvalue weighted by Gasteiger charge is -2.32. The molecule has 1 fully saturated rings. The van der Waals surface area contributed by atoms with Crippen LogP contribution in [-0.2, 0) is 23.1 Å². The van der Waals surface area contributed by atoms with Gasteiger partial charge < -0.3 is 4.74 Å². The molecule has 1 saturated heterocycles. The van der Waals surface area contributed by atoms with E-state index in [0.29, 0.717) is 18.8 Å². The maximum Gasteiger partial charge on any atom is 0.247 e. The maximum absolute atomic E-state index is 13.5. The van der Waals surface area contributed by atoms with E-state index in [1.807, 2.05) is 24.3 Å². The third-order valence-electron chi connectivity index (χ3n) is 5.68. The Hall–Kier alpha value is -2.26. The first-order valence-electron chi connectivity index (χ1n) is 9.97. The number of aromatic nitrogens is 1. The lowest BCUT2D eigenvalue weighted by atomic mass is 10.0. The van der Waals surface area contributed by atoms with Crippen molar-refractivity contribution in [3.63, 3.8) is 0 Å². The van der Waals surface area contributed by atoms with Gasteiger partial charge in [0.2, 0.25) is 10.0 Å². The van der Waals surface area contributed by atoms with Gasteiger partial charge in [-0.1, -0.05) is 24.3 Å². The second-order valence-electron chi connectivity index (χ2n) is 7.87. The molecule has 0 amide bonds. The number of hydrogen-bond acceptors (Lipinski definition) is 6. The summed E-state index contributed by atoms with van der Waals surface area (Å²) in [7, 11) is -3.70. The maximum atomic E-state index is 13.5. The minimum atomic E-state index is -3.70. The molecule has 1 unspecified atom stereocenters. The van der Waals surface area contributed by atoms with Gasteiger partial charge in [0.1, 0.15) is 16.2 Å². The van der Waals surface area contributed by atoms with Crippen LogP contribution in [0.1, 0.15) is 17.0 Å². The lowest BCUT2D eigenvalue weighted by Crippen LogP contribution is -2.49. The van der Waals surface area contributed by atoms with Crippen LogP contribution in [0.2, 0.25) is 0 Å². The number of benzene rings is 1. The summed E-state index contributed by atoms with van der Waals surface area (Å²) >= 11 is 1.74. The molecule has 0 saturated carbocycles. The van der Waals surface area contributed by atoms with Gasteiger partial charge in [0.15, 0.2) is 0 Å². The summed E-state index contributed by atoms with van der Waals surface area (Å²) in [4.78, 5) is 8.24. The Balaban J connectivity index is 1.49. The van der Waals surface area contributed by atoms with Crippen molar-refractivity contribution >= 4 is 21.4 Å². The smallest absolute Gasteiger partial charge is 0.247 e. The molecule has 30 heavy (non-hydrogen) atoms. The fourth-order valence-electron chi connectivity index (χ4n) is 4.27. The van der Waals surface area contributed by atoms with Gasteiger partial charge >= 0.3 is 0 Å². The molecule has 2 aliphatic heterocycles. The Kier molecular flexibility index (Phi) is 5.10. The number of hydrogen-bond donors (Lipinski definition) is 0. The van der Waals surface area contributed by atoms with E-state index in [4.69, 9.17) is 4.74 Å². The minimum absolute atomic E-state index is 0.230. The molecule has 4 heterocycles. The number of rotatable bonds is 4. The quantitative estimate of drug-likeness (QED) is 0.621. The van der Waals surface area contributed by atoms with Crippen LogP contribution in [-0.4, -0.2) is 47.8 Å². The highest BCUT2D eigenvalue weighted by molar-refractivity contribution is 7.89. The molecule has 0 aliphatic carbocycles. The van der Waals surface area contributed by atoms with Crippen molar-refractivity contribution in [2.75, 3.05) is 19.6 Å². The van der Waals surface area contributed by atoms with E-state index in [2.05, 4.69) is 27.4 Å². The number of thiophene rings is 1. The van der Waals surface area contributed by atoms with Gasteiger partial charge in [-0.05, 0) is 35.7 Å². The van der Waals surface area contributed by atoms with E-state index in [1.54, 1.807) is 35.7 Å². The summed E-state index contributed by atoms with van der Waals surface area (Å²) in [6.07, 6.45) is 2.47. The molecule has 8 heteroatoms. The van der Waals surface area contributed by atoms with Crippen molar-refractivity contribution in [2.45, 2.75) is 30.0 Å². The Morgan fingerprint density at radius 3 is 2.70 bits per heavy atom. The molecule has 6 nitrogen and oxygen atoms in total. The van der Waals surface area contributed by atoms with Gasteiger partial charge in [0.05, 0.1) is 18.8 Å². The first kappa shape index (κ1) is 19.7. The Morgan fingerprint density at radius 2 is 1.90 bits per heavy atom. The molecule has 1 atom stereocenters. The van der Waals surface area contributed by atoms with Crippen LogP contribution in [0.15, 0.2) is 71.1 Å². The highest BCUT2D eigenvalue weighted by atomic mass is 32.2. The van der Waals surface area contributed by atoms with Gasteiger partial charge in [0, 0.05) is 37.1 Å². The molecule has 5 rings (SSSR count). The number of ether oxygens (including phenoxy) is 1. The van der Waals surface area contributed by atoms with E-state index in [9.17, 15) is 8.42 Å². The molecule has 2 aromatic heterocycles. The van der Waals surface area contributed by atoms with Gasteiger partial charge in [0.25, 0.3) is 0 Å². The molecule has 3 aromatic rings. The van der Waals surface area contributed by atoms with Crippen LogP contribution in [0.3, 0.4) is 0 Å². The van der Waals surface area contributed by atoms with Gasteiger partial charge in [-0.15, -0.1) is 11.3 Å². The fraction of sp³-hybridized carbons (Fsp3) is 0.318. The summed E-state index contributed by atoms with van der Waals surface area (Å²) in [6, 6.07) is 16.7. The zero-order valence-electron chi connectivity index (χ0n) is 16.5. The third kappa shape index (κ3) is 3.76. The Bertz CT molecular complexity index is 1120. The Morgan fingerprint density at radius 1 is 1.03 bits per heavy atom. The van der Waals surface area contributed by atoms with Crippen molar-refractivity contribution in [1.29, 1.82) is 0 Å². The number of nitrogens with zero attached hydrogens (tertiary/aromatic N) is 3. The number of pyridine rings is 1. The normalized spacial score (nSPS) is 23.7. The van der Waals surface area contributed by atoms with Gasteiger partial charge in [-0.25, -0.2) is 8.42 Å². The Labute approximate surface area is 180 Å². The average Bonchev–Trinajstić information content (AvgIpc) is 3.37. The predicted molar refractivity (Wildman–Crippen MR) is 116 cm³/mol. The molecular weight excluding hydrogens is 418 g/mol. The average molecular weight is 442 g/mol. The summed E-state index contributed by atoms with van der Waals surface area (Å²) < 4.78 is 35.0. The third-order valence-corrected chi connectivity index (χ3v) is 8.37. The summed E-state index contributed by atoms with van der Waals surface area (Å²) in [5, 5.41) is 2.08. The second-order valence-corrected chi connectivity index (χ2v) is 10.8. The SMILES string of the molecule is O=S1(=O)c2ccccc2OC2(CCN(Cc3cccs3)C2)CN1Cc1ccccn1. The van der Waals surface area contributed by atoms with Crippen LogP contribution in [0.4, 0.5) is 0 Å². The minimum Gasteiger partial charge on any atom is -0.483 e. The number of likely N-dealkylation sites (tertiary alicyclic amines) is 1. The van der Waals surface area contributed by atoms with Crippen LogP contribution in [0.5, 0.6) is 5.75 Å². The van der Waals surface area contributed by atoms with E-state index in [1.165, 1.54) is 9.18 Å². The lowest BCUT2D eigenvalue weighted by molar-refractivity contribution is 0.0569. The zero-order valence-corrected chi connectivity index (χ0v) is 18.1. The van der Waals surface area contributed by atoms with Crippen molar-refractivity contribution in [3.05, 3.63) is 76.7 Å². The van der Waals surface area contributed by atoms with E-state index in [-0.39, 0.29) is 11.4 Å². The first-order valence-corrected chi connectivity index (χ1v) is 12.3.